The fourth-order valence-corrected chi connectivity index (χ4v) is 2.67. The molecule has 1 aliphatic carbocycles. The predicted octanol–water partition coefficient (Wildman–Crippen LogP) is 1.54. The van der Waals surface area contributed by atoms with Crippen molar-refractivity contribution < 1.29 is 14.3 Å². The predicted molar refractivity (Wildman–Crippen MR) is 78.9 cm³/mol. The van der Waals surface area contributed by atoms with Gasteiger partial charge in [0.05, 0.1) is 25.5 Å². The van der Waals surface area contributed by atoms with Crippen LogP contribution in [0.3, 0.4) is 0 Å². The first-order chi connectivity index (χ1) is 10.8. The normalized spacial score (nSPS) is 20.6. The lowest BCUT2D eigenvalue weighted by Gasteiger charge is -2.21. The van der Waals surface area contributed by atoms with Gasteiger partial charge >= 0.3 is 0 Å². The first-order valence-corrected chi connectivity index (χ1v) is 7.23. The molecule has 1 aliphatic rings. The van der Waals surface area contributed by atoms with Gasteiger partial charge in [0.1, 0.15) is 11.9 Å². The maximum atomic E-state index is 12.4. The first-order valence-electron chi connectivity index (χ1n) is 7.23. The number of amides is 1. The van der Waals surface area contributed by atoms with E-state index in [-0.39, 0.29) is 18.1 Å². The van der Waals surface area contributed by atoms with Crippen molar-refractivity contribution in [3.05, 3.63) is 36.4 Å². The molecule has 2 N–H and O–H groups in total. The van der Waals surface area contributed by atoms with Crippen molar-refractivity contribution in [3.8, 4) is 11.5 Å². The lowest BCUT2D eigenvalue weighted by molar-refractivity contribution is 0.0885. The molecule has 7 heteroatoms. The van der Waals surface area contributed by atoms with Gasteiger partial charge < -0.3 is 14.8 Å². The third-order valence-electron chi connectivity index (χ3n) is 3.74. The highest BCUT2D eigenvalue weighted by molar-refractivity contribution is 5.95. The largest absolute Gasteiger partial charge is 0.494 e. The van der Waals surface area contributed by atoms with Gasteiger partial charge in [-0.2, -0.15) is 5.10 Å². The summed E-state index contributed by atoms with van der Waals surface area (Å²) in [5, 5.41) is 9.56. The smallest absolute Gasteiger partial charge is 0.274 e. The summed E-state index contributed by atoms with van der Waals surface area (Å²) in [7, 11) is 1.52. The van der Waals surface area contributed by atoms with E-state index in [1.807, 2.05) is 0 Å². The van der Waals surface area contributed by atoms with Crippen LogP contribution in [0.2, 0.25) is 0 Å². The molecular weight excluding hydrogens is 284 g/mol. The molecule has 22 heavy (non-hydrogen) atoms. The Balaban J connectivity index is 1.67. The van der Waals surface area contributed by atoms with E-state index in [1.165, 1.54) is 7.11 Å². The topological polar surface area (TPSA) is 89.1 Å². The number of aromatic nitrogens is 3. The van der Waals surface area contributed by atoms with Crippen molar-refractivity contribution in [1.29, 1.82) is 0 Å². The summed E-state index contributed by atoms with van der Waals surface area (Å²) in [6, 6.07) is 3.40. The van der Waals surface area contributed by atoms with Crippen LogP contribution in [0.15, 0.2) is 30.7 Å². The number of aromatic amines is 1. The summed E-state index contributed by atoms with van der Waals surface area (Å²) < 4.78 is 11.0. The van der Waals surface area contributed by atoms with Gasteiger partial charge in [0.25, 0.3) is 5.91 Å². The lowest BCUT2D eigenvalue weighted by Crippen LogP contribution is -2.42. The number of ether oxygens (including phenoxy) is 2. The summed E-state index contributed by atoms with van der Waals surface area (Å²) >= 11 is 0. The Bertz CT molecular complexity index is 629. The van der Waals surface area contributed by atoms with Gasteiger partial charge in [0.15, 0.2) is 11.4 Å². The molecule has 0 aliphatic heterocycles. The number of carbonyl (C=O) groups is 1. The summed E-state index contributed by atoms with van der Waals surface area (Å²) in [5.41, 5.74) is 0.291. The van der Waals surface area contributed by atoms with E-state index < -0.39 is 0 Å². The zero-order chi connectivity index (χ0) is 15.4. The molecule has 116 valence electrons. The molecule has 3 rings (SSSR count). The highest BCUT2D eigenvalue weighted by atomic mass is 16.5. The van der Waals surface area contributed by atoms with Gasteiger partial charge in [0.2, 0.25) is 0 Å². The molecule has 2 aromatic heterocycles. The van der Waals surface area contributed by atoms with Crippen molar-refractivity contribution >= 4 is 5.91 Å². The standard InChI is InChI=1S/C15H18N4O3/c1-21-13-6-3-7-16-14(13)15(20)19-11-4-2-5-12(11)22-10-8-17-18-9-10/h3,6-9,11-12H,2,4-5H2,1H3,(H,17,18)(H,19,20)/t11-,12+/m0/s1. The van der Waals surface area contributed by atoms with Crippen LogP contribution in [0.5, 0.6) is 11.5 Å². The zero-order valence-electron chi connectivity index (χ0n) is 12.3. The zero-order valence-corrected chi connectivity index (χ0v) is 12.3. The Kier molecular flexibility index (Phi) is 4.22. The number of nitrogens with one attached hydrogen (secondary N) is 2. The highest BCUT2D eigenvalue weighted by Gasteiger charge is 2.31. The number of hydrogen-bond donors (Lipinski definition) is 2. The van der Waals surface area contributed by atoms with Crippen LogP contribution in [-0.4, -0.2) is 40.3 Å². The van der Waals surface area contributed by atoms with Crippen molar-refractivity contribution in [3.63, 3.8) is 0 Å². The minimum Gasteiger partial charge on any atom is -0.494 e. The van der Waals surface area contributed by atoms with Crippen molar-refractivity contribution in [2.24, 2.45) is 0 Å². The number of H-pyrrole nitrogens is 1. The first kappa shape index (κ1) is 14.4. The third-order valence-corrected chi connectivity index (χ3v) is 3.74. The van der Waals surface area contributed by atoms with Crippen LogP contribution in [0.25, 0.3) is 0 Å². The van der Waals surface area contributed by atoms with Crippen molar-refractivity contribution in [1.82, 2.24) is 20.5 Å². The lowest BCUT2D eigenvalue weighted by atomic mass is 10.2. The van der Waals surface area contributed by atoms with E-state index in [0.717, 1.165) is 19.3 Å². The second-order valence-electron chi connectivity index (χ2n) is 5.16. The fraction of sp³-hybridized carbons (Fsp3) is 0.400. The summed E-state index contributed by atoms with van der Waals surface area (Å²) in [6.07, 6.45) is 7.62. The average Bonchev–Trinajstić information content (AvgIpc) is 3.20. The van der Waals surface area contributed by atoms with Crippen molar-refractivity contribution in [2.75, 3.05) is 7.11 Å². The molecule has 2 heterocycles. The van der Waals surface area contributed by atoms with E-state index >= 15 is 0 Å². The molecule has 0 radical (unpaired) electrons. The molecule has 0 unspecified atom stereocenters. The molecule has 7 nitrogen and oxygen atoms in total. The summed E-state index contributed by atoms with van der Waals surface area (Å²) in [6.45, 7) is 0. The SMILES string of the molecule is COc1cccnc1C(=O)N[C@H]1CCC[C@H]1Oc1cn[nH]c1. The van der Waals surface area contributed by atoms with Crippen LogP contribution in [0, 0.1) is 0 Å². The molecular formula is C15H18N4O3. The Labute approximate surface area is 128 Å². The van der Waals surface area contributed by atoms with E-state index in [0.29, 0.717) is 17.2 Å². The van der Waals surface area contributed by atoms with Crippen LogP contribution in [-0.2, 0) is 0 Å². The minimum absolute atomic E-state index is 0.0471. The van der Waals surface area contributed by atoms with E-state index in [4.69, 9.17) is 9.47 Å². The average molecular weight is 302 g/mol. The molecule has 2 aromatic rings. The number of hydrogen-bond acceptors (Lipinski definition) is 5. The summed E-state index contributed by atoms with van der Waals surface area (Å²) in [5.74, 6) is 0.900. The minimum atomic E-state index is -0.245. The second-order valence-corrected chi connectivity index (χ2v) is 5.16. The third kappa shape index (κ3) is 3.03. The van der Waals surface area contributed by atoms with Crippen LogP contribution in [0.4, 0.5) is 0 Å². The quantitative estimate of drug-likeness (QED) is 0.874. The maximum Gasteiger partial charge on any atom is 0.274 e. The van der Waals surface area contributed by atoms with Crippen LogP contribution in [0.1, 0.15) is 29.8 Å². The number of pyridine rings is 1. The Morgan fingerprint density at radius 1 is 1.45 bits per heavy atom. The van der Waals surface area contributed by atoms with E-state index in [9.17, 15) is 4.79 Å². The number of rotatable bonds is 5. The van der Waals surface area contributed by atoms with Gasteiger partial charge in [-0.1, -0.05) is 0 Å². The molecule has 0 spiro atoms. The molecule has 1 amide bonds. The molecule has 1 saturated carbocycles. The van der Waals surface area contributed by atoms with E-state index in [1.54, 1.807) is 30.7 Å². The Hall–Kier alpha value is -2.57. The maximum absolute atomic E-state index is 12.4. The van der Waals surface area contributed by atoms with E-state index in [2.05, 4.69) is 20.5 Å². The van der Waals surface area contributed by atoms with Gasteiger partial charge in [-0.05, 0) is 31.4 Å². The molecule has 2 atom stereocenters. The van der Waals surface area contributed by atoms with Crippen molar-refractivity contribution in [2.45, 2.75) is 31.4 Å². The van der Waals surface area contributed by atoms with Gasteiger partial charge in [0, 0.05) is 6.20 Å². The van der Waals surface area contributed by atoms with Crippen LogP contribution >= 0.6 is 0 Å². The molecule has 0 aromatic carbocycles. The van der Waals surface area contributed by atoms with Gasteiger partial charge in [-0.25, -0.2) is 4.98 Å². The number of carbonyl (C=O) groups excluding carboxylic acids is 1. The highest BCUT2D eigenvalue weighted by Crippen LogP contribution is 2.25. The van der Waals surface area contributed by atoms with Gasteiger partial charge in [-0.3, -0.25) is 9.89 Å². The Morgan fingerprint density at radius 2 is 2.36 bits per heavy atom. The monoisotopic (exact) mass is 302 g/mol. The molecule has 1 fully saturated rings. The molecule has 0 saturated heterocycles. The second kappa shape index (κ2) is 6.46. The van der Waals surface area contributed by atoms with Gasteiger partial charge in [-0.15, -0.1) is 0 Å². The number of nitrogens with zero attached hydrogens (tertiary/aromatic N) is 2. The van der Waals surface area contributed by atoms with Crippen LogP contribution < -0.4 is 14.8 Å². The molecule has 0 bridgehead atoms. The fourth-order valence-electron chi connectivity index (χ4n) is 2.67. The number of methoxy groups -OCH3 is 1. The summed E-state index contributed by atoms with van der Waals surface area (Å²) in [4.78, 5) is 16.5. The Morgan fingerprint density at radius 3 is 3.14 bits per heavy atom.